The van der Waals surface area contributed by atoms with Gasteiger partial charge in [0.05, 0.1) is 36.5 Å². The molecule has 12 aromatic carbocycles. The number of halogens is 2. The molecule has 0 aliphatic heterocycles. The number of anilines is 6. The van der Waals surface area contributed by atoms with Gasteiger partial charge in [-0.1, -0.05) is 206 Å². The highest BCUT2D eigenvalue weighted by Crippen LogP contribution is 2.53. The van der Waals surface area contributed by atoms with Gasteiger partial charge >= 0.3 is 0 Å². The predicted molar refractivity (Wildman–Crippen MR) is 281 cm³/mol. The zero-order valence-electron chi connectivity index (χ0n) is 46.1. The van der Waals surface area contributed by atoms with Crippen molar-refractivity contribution in [2.24, 2.45) is 0 Å². The molecule has 12 aromatic rings. The van der Waals surface area contributed by atoms with Crippen LogP contribution in [-0.4, -0.2) is 0 Å². The number of nitrogens with zero attached hydrogens (tertiary/aromatic N) is 2. The number of hydrogen-bond donors (Lipinski definition) is 0. The van der Waals surface area contributed by atoms with Crippen LogP contribution in [0.3, 0.4) is 0 Å². The molecule has 0 aliphatic rings. The van der Waals surface area contributed by atoms with Crippen molar-refractivity contribution in [1.29, 1.82) is 0 Å². The van der Waals surface area contributed by atoms with Gasteiger partial charge in [-0.05, 0) is 103 Å². The first-order valence-corrected chi connectivity index (χ1v) is 22.1. The average Bonchev–Trinajstić information content (AvgIpc) is 3.60. The monoisotopic (exact) mass is 886 g/mol. The molecule has 0 aromatic heterocycles. The van der Waals surface area contributed by atoms with Crippen LogP contribution in [0.25, 0.3) is 76.8 Å². The molecule has 68 heavy (non-hydrogen) atoms. The molecule has 0 amide bonds. The third-order valence-corrected chi connectivity index (χ3v) is 12.5. The summed E-state index contributed by atoms with van der Waals surface area (Å²) in [6, 6.07) is 51.6. The second kappa shape index (κ2) is 17.2. The fourth-order valence-corrected chi connectivity index (χ4v) is 9.66. The quantitative estimate of drug-likeness (QED) is 0.126. The Morgan fingerprint density at radius 3 is 1.03 bits per heavy atom. The molecule has 0 bridgehead atoms. The lowest BCUT2D eigenvalue weighted by Crippen LogP contribution is -2.15. The van der Waals surface area contributed by atoms with E-state index in [1.165, 1.54) is 21.9 Å². The first-order valence-electron chi connectivity index (χ1n) is 27.1. The van der Waals surface area contributed by atoms with E-state index < -0.39 is 72.1 Å². The molecule has 0 fully saturated rings. The minimum atomic E-state index is -0.739. The summed E-state index contributed by atoms with van der Waals surface area (Å²) in [5.41, 5.74) is 4.46. The lowest BCUT2D eigenvalue weighted by atomic mass is 9.89. The maximum absolute atomic E-state index is 17.7. The first-order chi connectivity index (χ1) is 37.8. The van der Waals surface area contributed by atoms with E-state index in [1.807, 2.05) is 158 Å². The van der Waals surface area contributed by atoms with Crippen LogP contribution in [0.2, 0.25) is 0 Å². The van der Waals surface area contributed by atoms with E-state index >= 15 is 8.78 Å². The van der Waals surface area contributed by atoms with Crippen LogP contribution in [0, 0.1) is 11.6 Å². The summed E-state index contributed by atoms with van der Waals surface area (Å²) in [5.74, 6) is -1.48. The summed E-state index contributed by atoms with van der Waals surface area (Å²) >= 11 is 0. The lowest BCUT2D eigenvalue weighted by molar-refractivity contribution is 0.629. The van der Waals surface area contributed by atoms with Crippen molar-refractivity contribution in [1.82, 2.24) is 0 Å². The van der Waals surface area contributed by atoms with E-state index in [0.29, 0.717) is 65.7 Å². The van der Waals surface area contributed by atoms with Crippen molar-refractivity contribution < 1.29 is 22.5 Å². The van der Waals surface area contributed by atoms with Gasteiger partial charge < -0.3 is 9.80 Å². The SMILES string of the molecule is [2H]c1c([2H])c([2H])c(N(c2c(F)ccc(-c3ccccc3)c2-c2ccccc2)c2ccc3ccc4c(N(c5c([2H])c([2H])c([2H])c([2H])c5[2H])c5c(F)ccc(-c6ccccc6)c5-c5ccccc5)ccc5ccc2c3c54)c([2H])c1[2H]. The van der Waals surface area contributed by atoms with E-state index in [-0.39, 0.29) is 34.1 Å². The fraction of sp³-hybridized carbons (Fsp3) is 0. The highest BCUT2D eigenvalue weighted by molar-refractivity contribution is 6.28. The lowest BCUT2D eigenvalue weighted by Gasteiger charge is -2.32. The van der Waals surface area contributed by atoms with E-state index in [0.717, 1.165) is 11.1 Å². The molecule has 0 radical (unpaired) electrons. The summed E-state index contributed by atoms with van der Waals surface area (Å²) in [4.78, 5) is 2.85. The Labute approximate surface area is 408 Å². The molecular weight excluding hydrogens is 835 g/mol. The van der Waals surface area contributed by atoms with Gasteiger partial charge in [-0.3, -0.25) is 0 Å². The van der Waals surface area contributed by atoms with E-state index in [4.69, 9.17) is 8.22 Å². The molecule has 0 saturated carbocycles. The summed E-state index contributed by atoms with van der Waals surface area (Å²) < 4.78 is 126. The molecule has 0 heterocycles. The molecule has 0 spiro atoms. The molecule has 12 rings (SSSR count). The minimum absolute atomic E-state index is 0.0774. The van der Waals surface area contributed by atoms with E-state index in [1.54, 1.807) is 24.3 Å². The molecule has 0 atom stereocenters. The first kappa shape index (κ1) is 31.1. The summed E-state index contributed by atoms with van der Waals surface area (Å²) in [6.07, 6.45) is 0. The van der Waals surface area contributed by atoms with Crippen molar-refractivity contribution >= 4 is 66.4 Å². The smallest absolute Gasteiger partial charge is 0.147 e. The summed E-state index contributed by atoms with van der Waals surface area (Å²) in [7, 11) is 0. The van der Waals surface area contributed by atoms with Crippen LogP contribution in [0.1, 0.15) is 13.7 Å². The van der Waals surface area contributed by atoms with Crippen LogP contribution >= 0.6 is 0 Å². The third-order valence-electron chi connectivity index (χ3n) is 12.5. The third kappa shape index (κ3) is 6.94. The maximum atomic E-state index is 17.7. The van der Waals surface area contributed by atoms with Gasteiger partial charge in [0, 0.05) is 33.3 Å². The average molecular weight is 887 g/mol. The molecule has 0 unspecified atom stereocenters. The number of rotatable bonds is 10. The Morgan fingerprint density at radius 1 is 0.324 bits per heavy atom. The summed E-state index contributed by atoms with van der Waals surface area (Å²) in [5, 5.41) is 3.56. The molecule has 322 valence electrons. The molecule has 0 N–H and O–H groups in total. The van der Waals surface area contributed by atoms with Gasteiger partial charge in [0.2, 0.25) is 0 Å². The van der Waals surface area contributed by atoms with Gasteiger partial charge in [-0.15, -0.1) is 0 Å². The number of benzene rings is 12. The zero-order valence-corrected chi connectivity index (χ0v) is 36.1. The Balaban J connectivity index is 1.22. The van der Waals surface area contributed by atoms with Crippen LogP contribution in [0.4, 0.5) is 42.9 Å². The van der Waals surface area contributed by atoms with Gasteiger partial charge in [-0.25, -0.2) is 8.78 Å². The van der Waals surface area contributed by atoms with E-state index in [2.05, 4.69) is 0 Å². The maximum Gasteiger partial charge on any atom is 0.147 e. The zero-order chi connectivity index (χ0) is 54.3. The Morgan fingerprint density at radius 2 is 0.662 bits per heavy atom. The predicted octanol–water partition coefficient (Wildman–Crippen LogP) is 18.5. The van der Waals surface area contributed by atoms with Crippen LogP contribution in [0.5, 0.6) is 0 Å². The Kier molecular flexibility index (Phi) is 7.86. The van der Waals surface area contributed by atoms with Crippen molar-refractivity contribution in [3.05, 3.63) is 266 Å². The van der Waals surface area contributed by atoms with Crippen LogP contribution in [-0.2, 0) is 0 Å². The fourth-order valence-electron chi connectivity index (χ4n) is 9.66. The van der Waals surface area contributed by atoms with Gasteiger partial charge in [0.1, 0.15) is 11.6 Å². The van der Waals surface area contributed by atoms with Gasteiger partial charge in [0.25, 0.3) is 0 Å². The normalized spacial score (nSPS) is 13.4. The van der Waals surface area contributed by atoms with Crippen molar-refractivity contribution in [2.45, 2.75) is 0 Å². The number of para-hydroxylation sites is 2. The highest BCUT2D eigenvalue weighted by atomic mass is 19.1. The largest absolute Gasteiger partial charge is 0.307 e. The Bertz CT molecular complexity index is 4020. The highest BCUT2D eigenvalue weighted by Gasteiger charge is 2.29. The molecule has 4 heteroatoms. The van der Waals surface area contributed by atoms with Crippen LogP contribution in [0.15, 0.2) is 255 Å². The Hall–Kier alpha value is -8.86. The summed E-state index contributed by atoms with van der Waals surface area (Å²) in [6.45, 7) is 0. The van der Waals surface area contributed by atoms with Crippen LogP contribution < -0.4 is 9.80 Å². The van der Waals surface area contributed by atoms with Gasteiger partial charge in [0.15, 0.2) is 0 Å². The van der Waals surface area contributed by atoms with E-state index in [9.17, 15) is 5.48 Å². The topological polar surface area (TPSA) is 6.48 Å². The minimum Gasteiger partial charge on any atom is -0.307 e. The molecular formula is C64H42F2N2. The van der Waals surface area contributed by atoms with Crippen molar-refractivity contribution in [2.75, 3.05) is 9.80 Å². The second-order valence-electron chi connectivity index (χ2n) is 16.3. The number of hydrogen-bond acceptors (Lipinski definition) is 2. The van der Waals surface area contributed by atoms with Crippen molar-refractivity contribution in [3.8, 4) is 44.5 Å². The van der Waals surface area contributed by atoms with Gasteiger partial charge in [-0.2, -0.15) is 0 Å². The van der Waals surface area contributed by atoms with Crippen molar-refractivity contribution in [3.63, 3.8) is 0 Å². The molecule has 0 saturated heterocycles. The molecule has 0 aliphatic carbocycles. The second-order valence-corrected chi connectivity index (χ2v) is 16.3. The standard InChI is InChI=1S/C64H42F2N2/c65-55-39-37-51(43-19-7-1-8-20-43)61(45-23-11-3-12-24-45)63(55)67(49-27-15-5-16-28-49)57-41-33-47-32-36-54-58(42-34-48-31-35-53(57)59(47)60(48)54)68(50-29-17-6-18-30-50)64-56(66)40-38-52(44-21-9-2-10-22-44)62(64)46-25-13-4-14-26-46/h1-42H/i5D,6D,15D,16D,17D,18D,27D,28D,29D,30D. The molecule has 2 nitrogen and oxygen atoms in total.